The number of hydrogen-bond donors (Lipinski definition) is 2. The van der Waals surface area contributed by atoms with Crippen LogP contribution < -0.4 is 10.6 Å². The molecule has 0 radical (unpaired) electrons. The van der Waals surface area contributed by atoms with Gasteiger partial charge in [0.2, 0.25) is 0 Å². The molecular formula is C10H21N3O. The summed E-state index contributed by atoms with van der Waals surface area (Å²) in [7, 11) is 0. The van der Waals surface area contributed by atoms with Crippen LogP contribution in [0.15, 0.2) is 4.99 Å². The molecule has 2 N–H and O–H groups in total. The lowest BCUT2D eigenvalue weighted by Crippen LogP contribution is -2.34. The third-order valence-electron chi connectivity index (χ3n) is 1.99. The van der Waals surface area contributed by atoms with Crippen molar-refractivity contribution in [2.24, 2.45) is 4.99 Å². The Labute approximate surface area is 86.1 Å². The van der Waals surface area contributed by atoms with Crippen LogP contribution in [-0.2, 0) is 4.74 Å². The molecule has 0 spiro atoms. The fourth-order valence-electron chi connectivity index (χ4n) is 1.27. The minimum atomic E-state index is 0.351. The second-order valence-corrected chi connectivity index (χ2v) is 3.71. The van der Waals surface area contributed by atoms with Crippen LogP contribution in [0.5, 0.6) is 0 Å². The lowest BCUT2D eigenvalue weighted by Gasteiger charge is -2.08. The van der Waals surface area contributed by atoms with Crippen LogP contribution in [0, 0.1) is 0 Å². The predicted octanol–water partition coefficient (Wildman–Crippen LogP) is 0.740. The van der Waals surface area contributed by atoms with E-state index in [2.05, 4.69) is 29.5 Å². The minimum Gasteiger partial charge on any atom is -0.379 e. The van der Waals surface area contributed by atoms with Gasteiger partial charge in [-0.3, -0.25) is 4.99 Å². The van der Waals surface area contributed by atoms with Crippen molar-refractivity contribution in [3.63, 3.8) is 0 Å². The van der Waals surface area contributed by atoms with E-state index in [4.69, 9.17) is 4.74 Å². The molecule has 14 heavy (non-hydrogen) atoms. The van der Waals surface area contributed by atoms with Crippen molar-refractivity contribution in [1.82, 2.24) is 10.6 Å². The topological polar surface area (TPSA) is 45.6 Å². The summed E-state index contributed by atoms with van der Waals surface area (Å²) in [6, 6.07) is 0. The average molecular weight is 199 g/mol. The Morgan fingerprint density at radius 2 is 2.36 bits per heavy atom. The standard InChI is InChI=1S/C10H21N3O/c1-9(2)14-8-4-3-5-11-10-12-6-7-13-10/h9H,3-8H2,1-2H3,(H2,11,12,13). The van der Waals surface area contributed by atoms with Gasteiger partial charge in [-0.15, -0.1) is 0 Å². The van der Waals surface area contributed by atoms with Crippen LogP contribution in [0.1, 0.15) is 26.7 Å². The molecule has 0 amide bonds. The van der Waals surface area contributed by atoms with E-state index >= 15 is 0 Å². The first-order chi connectivity index (χ1) is 6.79. The quantitative estimate of drug-likeness (QED) is 0.620. The summed E-state index contributed by atoms with van der Waals surface area (Å²) in [6.45, 7) is 7.84. The molecule has 1 heterocycles. The Morgan fingerprint density at radius 3 is 3.00 bits per heavy atom. The van der Waals surface area contributed by atoms with Crippen molar-refractivity contribution in [3.05, 3.63) is 0 Å². The highest BCUT2D eigenvalue weighted by Crippen LogP contribution is 1.93. The van der Waals surface area contributed by atoms with Crippen LogP contribution in [0.4, 0.5) is 0 Å². The second kappa shape index (κ2) is 6.65. The van der Waals surface area contributed by atoms with Gasteiger partial charge in [-0.05, 0) is 26.7 Å². The van der Waals surface area contributed by atoms with E-state index in [0.29, 0.717) is 6.10 Å². The second-order valence-electron chi connectivity index (χ2n) is 3.71. The third kappa shape index (κ3) is 5.07. The van der Waals surface area contributed by atoms with Gasteiger partial charge in [-0.1, -0.05) is 0 Å². The van der Waals surface area contributed by atoms with Gasteiger partial charge in [0.1, 0.15) is 0 Å². The summed E-state index contributed by atoms with van der Waals surface area (Å²) < 4.78 is 5.44. The molecule has 4 nitrogen and oxygen atoms in total. The van der Waals surface area contributed by atoms with Crippen molar-refractivity contribution >= 4 is 5.96 Å². The fourth-order valence-corrected chi connectivity index (χ4v) is 1.27. The average Bonchev–Trinajstić information content (AvgIpc) is 2.63. The van der Waals surface area contributed by atoms with Crippen LogP contribution in [-0.4, -0.2) is 38.3 Å². The Morgan fingerprint density at radius 1 is 1.50 bits per heavy atom. The number of aliphatic imine (C=N–C) groups is 1. The fraction of sp³-hybridized carbons (Fsp3) is 0.900. The van der Waals surface area contributed by atoms with Gasteiger partial charge in [0, 0.05) is 19.7 Å². The molecule has 1 rings (SSSR count). The summed E-state index contributed by atoms with van der Waals surface area (Å²) >= 11 is 0. The number of unbranched alkanes of at least 4 members (excludes halogenated alkanes) is 1. The first-order valence-corrected chi connectivity index (χ1v) is 5.43. The first-order valence-electron chi connectivity index (χ1n) is 5.43. The lowest BCUT2D eigenvalue weighted by atomic mass is 10.3. The van der Waals surface area contributed by atoms with E-state index < -0.39 is 0 Å². The maximum absolute atomic E-state index is 5.44. The highest BCUT2D eigenvalue weighted by atomic mass is 16.5. The Kier molecular flexibility index (Phi) is 5.37. The molecule has 0 unspecified atom stereocenters. The van der Waals surface area contributed by atoms with Crippen molar-refractivity contribution in [3.8, 4) is 0 Å². The van der Waals surface area contributed by atoms with E-state index in [1.807, 2.05) is 0 Å². The summed E-state index contributed by atoms with van der Waals surface area (Å²) in [6.07, 6.45) is 2.59. The van der Waals surface area contributed by atoms with Crippen LogP contribution in [0.2, 0.25) is 0 Å². The SMILES string of the molecule is CC(C)OCCCCNC1=NCCN1. The van der Waals surface area contributed by atoms with Crippen molar-refractivity contribution < 1.29 is 4.74 Å². The zero-order chi connectivity index (χ0) is 10.2. The Bertz CT molecular complexity index is 180. The molecule has 0 aromatic heterocycles. The smallest absolute Gasteiger partial charge is 0.191 e. The monoisotopic (exact) mass is 199 g/mol. The summed E-state index contributed by atoms with van der Waals surface area (Å²) in [5, 5.41) is 6.43. The number of nitrogens with one attached hydrogen (secondary N) is 2. The first kappa shape index (κ1) is 11.3. The molecule has 0 fully saturated rings. The highest BCUT2D eigenvalue weighted by molar-refractivity contribution is 5.81. The number of nitrogens with zero attached hydrogens (tertiary/aromatic N) is 1. The van der Waals surface area contributed by atoms with Gasteiger partial charge in [-0.2, -0.15) is 0 Å². The van der Waals surface area contributed by atoms with E-state index in [1.165, 1.54) is 0 Å². The normalized spacial score (nSPS) is 15.5. The Balaban J connectivity index is 1.84. The maximum Gasteiger partial charge on any atom is 0.191 e. The molecule has 0 saturated carbocycles. The van der Waals surface area contributed by atoms with Crippen molar-refractivity contribution in [2.45, 2.75) is 32.8 Å². The molecule has 4 heteroatoms. The summed E-state index contributed by atoms with van der Waals surface area (Å²) in [4.78, 5) is 4.24. The largest absolute Gasteiger partial charge is 0.379 e. The maximum atomic E-state index is 5.44. The molecule has 82 valence electrons. The molecule has 0 aromatic rings. The van der Waals surface area contributed by atoms with Crippen molar-refractivity contribution in [2.75, 3.05) is 26.2 Å². The van der Waals surface area contributed by atoms with Gasteiger partial charge in [0.25, 0.3) is 0 Å². The molecule has 1 aliphatic heterocycles. The third-order valence-corrected chi connectivity index (χ3v) is 1.99. The van der Waals surface area contributed by atoms with E-state index in [0.717, 1.165) is 45.0 Å². The zero-order valence-corrected chi connectivity index (χ0v) is 9.18. The number of hydrogen-bond acceptors (Lipinski definition) is 4. The molecule has 0 aliphatic carbocycles. The van der Waals surface area contributed by atoms with Gasteiger partial charge >= 0.3 is 0 Å². The molecule has 0 saturated heterocycles. The number of rotatable bonds is 6. The molecule has 1 aliphatic rings. The number of ether oxygens (including phenoxy) is 1. The zero-order valence-electron chi connectivity index (χ0n) is 9.18. The number of guanidine groups is 1. The summed E-state index contributed by atoms with van der Waals surface area (Å²) in [5.74, 6) is 0.953. The van der Waals surface area contributed by atoms with Crippen LogP contribution >= 0.6 is 0 Å². The molecular weight excluding hydrogens is 178 g/mol. The minimum absolute atomic E-state index is 0.351. The van der Waals surface area contributed by atoms with E-state index in [1.54, 1.807) is 0 Å². The van der Waals surface area contributed by atoms with Crippen LogP contribution in [0.3, 0.4) is 0 Å². The van der Waals surface area contributed by atoms with Gasteiger partial charge in [0.05, 0.1) is 12.6 Å². The van der Waals surface area contributed by atoms with Gasteiger partial charge in [-0.25, -0.2) is 0 Å². The molecule has 0 bridgehead atoms. The van der Waals surface area contributed by atoms with Crippen LogP contribution in [0.25, 0.3) is 0 Å². The Hall–Kier alpha value is -0.770. The van der Waals surface area contributed by atoms with Crippen molar-refractivity contribution in [1.29, 1.82) is 0 Å². The van der Waals surface area contributed by atoms with E-state index in [9.17, 15) is 0 Å². The van der Waals surface area contributed by atoms with E-state index in [-0.39, 0.29) is 0 Å². The predicted molar refractivity (Wildman–Crippen MR) is 58.6 cm³/mol. The highest BCUT2D eigenvalue weighted by Gasteiger charge is 2.02. The summed E-state index contributed by atoms with van der Waals surface area (Å²) in [5.41, 5.74) is 0. The lowest BCUT2D eigenvalue weighted by molar-refractivity contribution is 0.0762. The van der Waals surface area contributed by atoms with Gasteiger partial charge < -0.3 is 15.4 Å². The van der Waals surface area contributed by atoms with Gasteiger partial charge in [0.15, 0.2) is 5.96 Å². The molecule has 0 atom stereocenters. The molecule has 0 aromatic carbocycles.